The average molecular weight is 441 g/mol. The average Bonchev–Trinajstić information content (AvgIpc) is 3.30. The molecule has 166 valence electrons. The van der Waals surface area contributed by atoms with Crippen molar-refractivity contribution in [3.63, 3.8) is 0 Å². The predicted octanol–water partition coefficient (Wildman–Crippen LogP) is 4.33. The van der Waals surface area contributed by atoms with E-state index in [0.29, 0.717) is 11.5 Å². The zero-order valence-corrected chi connectivity index (χ0v) is 18.0. The number of aromatic amines is 1. The lowest BCUT2D eigenvalue weighted by atomic mass is 10.1. The number of hydrogen-bond donors (Lipinski definition) is 3. The summed E-state index contributed by atoms with van der Waals surface area (Å²) in [6, 6.07) is 18.0. The molecule has 33 heavy (non-hydrogen) atoms. The number of aromatic nitrogens is 3. The van der Waals surface area contributed by atoms with Crippen molar-refractivity contribution < 1.29 is 9.53 Å². The second kappa shape index (κ2) is 9.13. The Morgan fingerprint density at radius 2 is 1.85 bits per heavy atom. The number of H-pyrrole nitrogens is 1. The van der Waals surface area contributed by atoms with E-state index in [1.54, 1.807) is 0 Å². The second-order valence-electron chi connectivity index (χ2n) is 7.71. The fourth-order valence-corrected chi connectivity index (χ4v) is 3.87. The Morgan fingerprint density at radius 3 is 2.64 bits per heavy atom. The van der Waals surface area contributed by atoms with Gasteiger partial charge in [-0.3, -0.25) is 4.79 Å². The Labute approximate surface area is 191 Å². The molecule has 0 spiro atoms. The SMILES string of the molecule is C=CC(=O)Nc1cccc(Nc2ncnc3[nH]c(-c4ccc(N5CCOCC5)cc4)cc23)c1. The second-order valence-corrected chi connectivity index (χ2v) is 7.71. The van der Waals surface area contributed by atoms with Crippen molar-refractivity contribution in [2.45, 2.75) is 0 Å². The first-order valence-corrected chi connectivity index (χ1v) is 10.8. The number of nitrogens with zero attached hydrogens (tertiary/aromatic N) is 3. The number of anilines is 4. The van der Waals surface area contributed by atoms with Crippen LogP contribution in [-0.2, 0) is 9.53 Å². The van der Waals surface area contributed by atoms with Crippen molar-refractivity contribution in [3.05, 3.63) is 73.6 Å². The zero-order chi connectivity index (χ0) is 22.6. The lowest BCUT2D eigenvalue weighted by Gasteiger charge is -2.28. The number of carbonyl (C=O) groups excluding carboxylic acids is 1. The van der Waals surface area contributed by atoms with Crippen molar-refractivity contribution in [1.29, 1.82) is 0 Å². The summed E-state index contributed by atoms with van der Waals surface area (Å²) in [6.07, 6.45) is 2.76. The van der Waals surface area contributed by atoms with Gasteiger partial charge in [-0.2, -0.15) is 0 Å². The maximum absolute atomic E-state index is 11.6. The number of morpholine rings is 1. The summed E-state index contributed by atoms with van der Waals surface area (Å²) in [5, 5.41) is 6.97. The van der Waals surface area contributed by atoms with Crippen LogP contribution in [0.3, 0.4) is 0 Å². The molecule has 0 bridgehead atoms. The van der Waals surface area contributed by atoms with E-state index in [9.17, 15) is 4.79 Å². The molecule has 8 nitrogen and oxygen atoms in total. The summed E-state index contributed by atoms with van der Waals surface area (Å²) in [7, 11) is 0. The van der Waals surface area contributed by atoms with E-state index in [0.717, 1.165) is 54.3 Å². The summed E-state index contributed by atoms with van der Waals surface area (Å²) in [5.74, 6) is 0.422. The Bertz CT molecular complexity index is 1290. The standard InChI is InChI=1S/C25H24N6O2/c1-2-23(32)28-18-4-3-5-19(14-18)29-24-21-15-22(30-25(21)27-16-26-24)17-6-8-20(9-7-17)31-10-12-33-13-11-31/h2-9,14-16H,1,10-13H2,(H,28,32)(H2,26,27,29,30). The fourth-order valence-electron chi connectivity index (χ4n) is 3.87. The number of fused-ring (bicyclic) bond motifs is 1. The highest BCUT2D eigenvalue weighted by atomic mass is 16.5. The monoisotopic (exact) mass is 440 g/mol. The third kappa shape index (κ3) is 4.56. The lowest BCUT2D eigenvalue weighted by molar-refractivity contribution is -0.111. The van der Waals surface area contributed by atoms with Gasteiger partial charge in [-0.25, -0.2) is 9.97 Å². The topological polar surface area (TPSA) is 95.2 Å². The first-order valence-electron chi connectivity index (χ1n) is 10.8. The van der Waals surface area contributed by atoms with Crippen LogP contribution < -0.4 is 15.5 Å². The molecular weight excluding hydrogens is 416 g/mol. The van der Waals surface area contributed by atoms with E-state index < -0.39 is 0 Å². The van der Waals surface area contributed by atoms with Crippen molar-refractivity contribution in [3.8, 4) is 11.3 Å². The molecule has 1 aliphatic heterocycles. The molecular formula is C25H24N6O2. The minimum Gasteiger partial charge on any atom is -0.378 e. The number of rotatable bonds is 6. The van der Waals surface area contributed by atoms with Gasteiger partial charge in [0.1, 0.15) is 17.8 Å². The molecule has 0 radical (unpaired) electrons. The Hall–Kier alpha value is -4.17. The molecule has 0 saturated carbocycles. The van der Waals surface area contributed by atoms with Gasteiger partial charge >= 0.3 is 0 Å². The van der Waals surface area contributed by atoms with Gasteiger partial charge in [0, 0.05) is 35.8 Å². The van der Waals surface area contributed by atoms with Crippen LogP contribution in [-0.4, -0.2) is 47.2 Å². The van der Waals surface area contributed by atoms with E-state index in [-0.39, 0.29) is 5.91 Å². The summed E-state index contributed by atoms with van der Waals surface area (Å²) < 4.78 is 5.44. The Balaban J connectivity index is 1.39. The molecule has 3 heterocycles. The molecule has 0 aliphatic carbocycles. The van der Waals surface area contributed by atoms with Crippen LogP contribution in [0.4, 0.5) is 22.9 Å². The van der Waals surface area contributed by atoms with Crippen LogP contribution in [0.1, 0.15) is 0 Å². The minimum absolute atomic E-state index is 0.258. The van der Waals surface area contributed by atoms with Crippen LogP contribution >= 0.6 is 0 Å². The van der Waals surface area contributed by atoms with E-state index in [1.165, 1.54) is 18.1 Å². The van der Waals surface area contributed by atoms with Crippen LogP contribution in [0.25, 0.3) is 22.3 Å². The minimum atomic E-state index is -0.258. The molecule has 5 rings (SSSR count). The van der Waals surface area contributed by atoms with Crippen molar-refractivity contribution in [2.75, 3.05) is 41.8 Å². The van der Waals surface area contributed by atoms with E-state index >= 15 is 0 Å². The highest BCUT2D eigenvalue weighted by Gasteiger charge is 2.13. The first-order chi connectivity index (χ1) is 16.2. The summed E-state index contributed by atoms with van der Waals surface area (Å²) in [4.78, 5) is 26.1. The Morgan fingerprint density at radius 1 is 1.06 bits per heavy atom. The van der Waals surface area contributed by atoms with Crippen LogP contribution in [0.5, 0.6) is 0 Å². The normalized spacial score (nSPS) is 13.6. The fraction of sp³-hybridized carbons (Fsp3) is 0.160. The van der Waals surface area contributed by atoms with Gasteiger partial charge in [0.05, 0.1) is 18.6 Å². The molecule has 2 aromatic heterocycles. The van der Waals surface area contributed by atoms with Gasteiger partial charge in [0.15, 0.2) is 0 Å². The maximum Gasteiger partial charge on any atom is 0.247 e. The zero-order valence-electron chi connectivity index (χ0n) is 18.0. The highest BCUT2D eigenvalue weighted by Crippen LogP contribution is 2.30. The number of ether oxygens (including phenoxy) is 1. The molecule has 8 heteroatoms. The lowest BCUT2D eigenvalue weighted by Crippen LogP contribution is -2.36. The van der Waals surface area contributed by atoms with E-state index in [1.807, 2.05) is 30.3 Å². The third-order valence-corrected chi connectivity index (χ3v) is 5.56. The molecule has 0 atom stereocenters. The highest BCUT2D eigenvalue weighted by molar-refractivity contribution is 5.99. The predicted molar refractivity (Wildman–Crippen MR) is 131 cm³/mol. The van der Waals surface area contributed by atoms with E-state index in [2.05, 4.69) is 61.3 Å². The summed E-state index contributed by atoms with van der Waals surface area (Å²) in [6.45, 7) is 6.84. The maximum atomic E-state index is 11.6. The quantitative estimate of drug-likeness (QED) is 0.386. The van der Waals surface area contributed by atoms with E-state index in [4.69, 9.17) is 4.74 Å². The van der Waals surface area contributed by atoms with Gasteiger partial charge < -0.3 is 25.3 Å². The molecule has 3 N–H and O–H groups in total. The summed E-state index contributed by atoms with van der Waals surface area (Å²) in [5.41, 5.74) is 5.46. The largest absolute Gasteiger partial charge is 0.378 e. The Kier molecular flexibility index (Phi) is 5.73. The molecule has 1 aliphatic rings. The third-order valence-electron chi connectivity index (χ3n) is 5.56. The molecule has 1 saturated heterocycles. The van der Waals surface area contributed by atoms with Gasteiger partial charge in [-0.05, 0) is 48.0 Å². The van der Waals surface area contributed by atoms with Crippen molar-refractivity contribution in [1.82, 2.24) is 15.0 Å². The molecule has 4 aromatic rings. The van der Waals surface area contributed by atoms with Crippen LogP contribution in [0.15, 0.2) is 73.6 Å². The van der Waals surface area contributed by atoms with Gasteiger partial charge in [-0.1, -0.05) is 24.8 Å². The molecule has 1 fully saturated rings. The van der Waals surface area contributed by atoms with Gasteiger partial charge in [0.2, 0.25) is 5.91 Å². The number of nitrogens with one attached hydrogen (secondary N) is 3. The number of benzene rings is 2. The molecule has 0 unspecified atom stereocenters. The number of carbonyl (C=O) groups is 1. The first kappa shape index (κ1) is 20.7. The van der Waals surface area contributed by atoms with Gasteiger partial charge in [-0.15, -0.1) is 0 Å². The van der Waals surface area contributed by atoms with Gasteiger partial charge in [0.25, 0.3) is 0 Å². The molecule has 2 aromatic carbocycles. The van der Waals surface area contributed by atoms with Crippen molar-refractivity contribution >= 4 is 39.8 Å². The smallest absolute Gasteiger partial charge is 0.247 e. The summed E-state index contributed by atoms with van der Waals surface area (Å²) >= 11 is 0. The van der Waals surface area contributed by atoms with Crippen molar-refractivity contribution in [2.24, 2.45) is 0 Å². The van der Waals surface area contributed by atoms with Crippen LogP contribution in [0.2, 0.25) is 0 Å². The van der Waals surface area contributed by atoms with Crippen LogP contribution in [0, 0.1) is 0 Å². The molecule has 1 amide bonds. The number of hydrogen-bond acceptors (Lipinski definition) is 6. The number of amides is 1.